The summed E-state index contributed by atoms with van der Waals surface area (Å²) in [7, 11) is 0.0390. The van der Waals surface area contributed by atoms with Crippen molar-refractivity contribution in [2.24, 2.45) is 0 Å². The van der Waals surface area contributed by atoms with Crippen molar-refractivity contribution in [3.63, 3.8) is 0 Å². The molecule has 1 amide bonds. The molecule has 0 aliphatic heterocycles. The molecule has 0 bridgehead atoms. The molecule has 0 aliphatic carbocycles. The number of hydrogen-bond acceptors (Lipinski definition) is 5. The van der Waals surface area contributed by atoms with Crippen LogP contribution in [0.5, 0.6) is 11.6 Å². The van der Waals surface area contributed by atoms with Gasteiger partial charge in [0.1, 0.15) is 5.56 Å². The molecule has 6 nitrogen and oxygen atoms in total. The number of ether oxygens (including phenoxy) is 1. The van der Waals surface area contributed by atoms with Gasteiger partial charge in [-0.15, -0.1) is 0 Å². The fourth-order valence-corrected chi connectivity index (χ4v) is 3.64. The predicted octanol–water partition coefficient (Wildman–Crippen LogP) is 5.06. The van der Waals surface area contributed by atoms with E-state index in [-0.39, 0.29) is 22.9 Å². The summed E-state index contributed by atoms with van der Waals surface area (Å²) in [6, 6.07) is 8.50. The third kappa shape index (κ3) is 5.19. The lowest BCUT2D eigenvalue weighted by molar-refractivity contribution is -0.138. The predicted molar refractivity (Wildman–Crippen MR) is 114 cm³/mol. The third-order valence-corrected chi connectivity index (χ3v) is 5.79. The minimum atomic E-state index is -4.75. The molecule has 2 aromatic heterocycles. The van der Waals surface area contributed by atoms with Gasteiger partial charge in [0, 0.05) is 40.9 Å². The van der Waals surface area contributed by atoms with Crippen LogP contribution in [0.1, 0.15) is 27.2 Å². The summed E-state index contributed by atoms with van der Waals surface area (Å²) in [6.07, 6.45) is -2.71. The van der Waals surface area contributed by atoms with Gasteiger partial charge in [0.2, 0.25) is 11.8 Å². The van der Waals surface area contributed by atoms with E-state index >= 15 is 0 Å². The van der Waals surface area contributed by atoms with E-state index < -0.39 is 40.0 Å². The fraction of sp³-hybridized carbons (Fsp3) is 0.227. The smallest absolute Gasteiger partial charge is 0.418 e. The van der Waals surface area contributed by atoms with Crippen molar-refractivity contribution < 1.29 is 31.3 Å². The van der Waals surface area contributed by atoms with E-state index in [1.54, 1.807) is 18.2 Å². The number of halogens is 4. The van der Waals surface area contributed by atoms with E-state index in [0.717, 1.165) is 17.9 Å². The molecule has 0 saturated heterocycles. The number of aryl methyl sites for hydroxylation is 1. The third-order valence-electron chi connectivity index (χ3n) is 4.87. The molecule has 0 N–H and O–H groups in total. The highest BCUT2D eigenvalue weighted by Gasteiger charge is 2.37. The molecule has 0 saturated carbocycles. The summed E-state index contributed by atoms with van der Waals surface area (Å²) >= 11 is 0. The zero-order valence-corrected chi connectivity index (χ0v) is 18.8. The lowest BCUT2D eigenvalue weighted by Gasteiger charge is -2.22. The maximum absolute atomic E-state index is 13.5. The molecule has 0 unspecified atom stereocenters. The maximum Gasteiger partial charge on any atom is 0.418 e. The number of nitrogens with zero attached hydrogens (tertiary/aromatic N) is 3. The Hall–Kier alpha value is -3.34. The van der Waals surface area contributed by atoms with Crippen molar-refractivity contribution >= 4 is 22.4 Å². The number of alkyl halides is 3. The van der Waals surface area contributed by atoms with Crippen LogP contribution in [-0.2, 0) is 17.0 Å². The minimum absolute atomic E-state index is 0.0307. The second kappa shape index (κ2) is 9.26. The van der Waals surface area contributed by atoms with Crippen molar-refractivity contribution in [2.75, 3.05) is 18.2 Å². The van der Waals surface area contributed by atoms with E-state index in [1.165, 1.54) is 32.4 Å². The maximum atomic E-state index is 13.5. The van der Waals surface area contributed by atoms with Crippen LogP contribution in [0.2, 0.25) is 0 Å². The number of amides is 1. The SMILES string of the molecule is Cc1nc(F)ccc1Oc1ncc(C(F)(F)F)c(C)c1C(=O)N(C)c1cccc([S@](C)=O)c1. The number of hydrogen-bond donors (Lipinski definition) is 0. The highest BCUT2D eigenvalue weighted by molar-refractivity contribution is 7.84. The highest BCUT2D eigenvalue weighted by Crippen LogP contribution is 2.37. The van der Waals surface area contributed by atoms with Gasteiger partial charge >= 0.3 is 6.18 Å². The van der Waals surface area contributed by atoms with E-state index in [2.05, 4.69) is 9.97 Å². The van der Waals surface area contributed by atoms with Gasteiger partial charge in [-0.25, -0.2) is 9.97 Å². The van der Waals surface area contributed by atoms with Crippen molar-refractivity contribution in [1.82, 2.24) is 9.97 Å². The van der Waals surface area contributed by atoms with Gasteiger partial charge in [0.15, 0.2) is 5.75 Å². The average Bonchev–Trinajstić information content (AvgIpc) is 2.74. The molecule has 11 heteroatoms. The van der Waals surface area contributed by atoms with Gasteiger partial charge in [0.05, 0.1) is 11.3 Å². The van der Waals surface area contributed by atoms with E-state index in [1.807, 2.05) is 0 Å². The number of carbonyl (C=O) groups is 1. The molecule has 174 valence electrons. The topological polar surface area (TPSA) is 72.4 Å². The summed E-state index contributed by atoms with van der Waals surface area (Å²) in [6.45, 7) is 2.59. The van der Waals surface area contributed by atoms with Crippen LogP contribution in [0.15, 0.2) is 47.5 Å². The number of rotatable bonds is 5. The Morgan fingerprint density at radius 3 is 2.45 bits per heavy atom. The lowest BCUT2D eigenvalue weighted by Crippen LogP contribution is -2.28. The Kier molecular flexibility index (Phi) is 6.82. The van der Waals surface area contributed by atoms with Crippen LogP contribution >= 0.6 is 0 Å². The van der Waals surface area contributed by atoms with Crippen LogP contribution in [0, 0.1) is 19.8 Å². The van der Waals surface area contributed by atoms with E-state index in [4.69, 9.17) is 4.74 Å². The Labute approximate surface area is 189 Å². The zero-order chi connectivity index (χ0) is 24.5. The summed E-state index contributed by atoms with van der Waals surface area (Å²) in [5.74, 6) is -1.94. The molecule has 3 rings (SSSR count). The second-order valence-electron chi connectivity index (χ2n) is 7.11. The standard InChI is InChI=1S/C22H19F4N3O3S/c1-12-16(22(24,25)26)11-27-20(32-17-8-9-18(23)28-13(17)2)19(12)21(30)29(3)14-6-5-7-15(10-14)33(4)31/h5-11H,1-4H3/t33-/m0/s1. The van der Waals surface area contributed by atoms with Crippen molar-refractivity contribution in [1.29, 1.82) is 0 Å². The Balaban J connectivity index is 2.13. The molecule has 3 aromatic rings. The minimum Gasteiger partial charge on any atom is -0.436 e. The largest absolute Gasteiger partial charge is 0.436 e. The van der Waals surface area contributed by atoms with Gasteiger partial charge in [-0.1, -0.05) is 6.07 Å². The zero-order valence-electron chi connectivity index (χ0n) is 18.0. The first-order valence-electron chi connectivity index (χ1n) is 9.49. The van der Waals surface area contributed by atoms with Gasteiger partial charge < -0.3 is 9.64 Å². The van der Waals surface area contributed by atoms with Gasteiger partial charge in [0.25, 0.3) is 5.91 Å². The van der Waals surface area contributed by atoms with Gasteiger partial charge in [-0.05, 0) is 49.7 Å². The first kappa shape index (κ1) is 24.3. The summed E-state index contributed by atoms with van der Waals surface area (Å²) < 4.78 is 71.3. The first-order chi connectivity index (χ1) is 15.4. The summed E-state index contributed by atoms with van der Waals surface area (Å²) in [4.78, 5) is 22.3. The van der Waals surface area contributed by atoms with Gasteiger partial charge in [-0.3, -0.25) is 9.00 Å². The molecule has 0 spiro atoms. The van der Waals surface area contributed by atoms with Crippen LogP contribution in [0.3, 0.4) is 0 Å². The second-order valence-corrected chi connectivity index (χ2v) is 8.49. The number of anilines is 1. The van der Waals surface area contributed by atoms with Crippen molar-refractivity contribution in [2.45, 2.75) is 24.9 Å². The van der Waals surface area contributed by atoms with E-state index in [0.29, 0.717) is 16.8 Å². The number of aromatic nitrogens is 2. The molecule has 0 fully saturated rings. The number of benzene rings is 1. The number of carbonyl (C=O) groups excluding carboxylic acids is 1. The van der Waals surface area contributed by atoms with Crippen molar-refractivity contribution in [3.05, 3.63) is 70.9 Å². The molecular formula is C22H19F4N3O3S. The van der Waals surface area contributed by atoms with E-state index in [9.17, 15) is 26.6 Å². The fourth-order valence-electron chi connectivity index (χ4n) is 3.08. The summed E-state index contributed by atoms with van der Waals surface area (Å²) in [5, 5.41) is 0. The lowest BCUT2D eigenvalue weighted by atomic mass is 10.0. The van der Waals surface area contributed by atoms with Crippen molar-refractivity contribution in [3.8, 4) is 11.6 Å². The molecule has 1 aromatic carbocycles. The molecule has 0 radical (unpaired) electrons. The normalized spacial score (nSPS) is 12.4. The highest BCUT2D eigenvalue weighted by atomic mass is 32.2. The quantitative estimate of drug-likeness (QED) is 0.376. The molecule has 1 atom stereocenters. The monoisotopic (exact) mass is 481 g/mol. The molecule has 33 heavy (non-hydrogen) atoms. The summed E-state index contributed by atoms with van der Waals surface area (Å²) in [5.41, 5.74) is -1.45. The first-order valence-corrected chi connectivity index (χ1v) is 11.0. The Morgan fingerprint density at radius 2 is 1.85 bits per heavy atom. The average molecular weight is 481 g/mol. The van der Waals surface area contributed by atoms with Gasteiger partial charge in [-0.2, -0.15) is 17.6 Å². The molecule has 2 heterocycles. The molecular weight excluding hydrogens is 462 g/mol. The Bertz CT molecular complexity index is 1250. The Morgan fingerprint density at radius 1 is 1.15 bits per heavy atom. The van der Waals surface area contributed by atoms with Crippen LogP contribution in [-0.4, -0.2) is 33.4 Å². The number of pyridine rings is 2. The van der Waals surface area contributed by atoms with Crippen LogP contribution in [0.25, 0.3) is 0 Å². The molecule has 0 aliphatic rings. The van der Waals surface area contributed by atoms with Crippen LogP contribution < -0.4 is 9.64 Å². The van der Waals surface area contributed by atoms with Crippen LogP contribution in [0.4, 0.5) is 23.2 Å².